The molecule has 0 saturated heterocycles. The number of carbonyl (C=O) groups excluding carboxylic acids is 1. The van der Waals surface area contributed by atoms with E-state index < -0.39 is 18.7 Å². The largest absolute Gasteiger partial charge is 0.468 e. The highest BCUT2D eigenvalue weighted by atomic mass is 19.4. The van der Waals surface area contributed by atoms with Gasteiger partial charge in [0.2, 0.25) is 5.88 Å². The van der Waals surface area contributed by atoms with Crippen molar-refractivity contribution in [3.05, 3.63) is 23.9 Å². The maximum Gasteiger partial charge on any atom is 0.422 e. The number of alkyl halides is 3. The fourth-order valence-corrected chi connectivity index (χ4v) is 1.86. The average Bonchev–Trinajstić information content (AvgIpc) is 2.43. The molecule has 0 aliphatic heterocycles. The summed E-state index contributed by atoms with van der Waals surface area (Å²) in [5.41, 5.74) is -0.333. The third kappa shape index (κ3) is 6.85. The van der Waals surface area contributed by atoms with Crippen LogP contribution in [-0.4, -0.2) is 41.4 Å². The summed E-state index contributed by atoms with van der Waals surface area (Å²) in [5.74, 6) is -0.805. The van der Waals surface area contributed by atoms with Crippen LogP contribution in [0, 0.1) is 5.41 Å². The predicted octanol–water partition coefficient (Wildman–Crippen LogP) is 2.55. The molecule has 0 aliphatic carbocycles. The van der Waals surface area contributed by atoms with Crippen molar-refractivity contribution in [3.8, 4) is 5.88 Å². The van der Waals surface area contributed by atoms with Crippen molar-refractivity contribution in [2.24, 2.45) is 5.41 Å². The lowest BCUT2D eigenvalue weighted by atomic mass is 9.85. The van der Waals surface area contributed by atoms with Crippen LogP contribution < -0.4 is 10.1 Å². The maximum atomic E-state index is 12.2. The molecule has 0 aliphatic rings. The lowest BCUT2D eigenvalue weighted by Crippen LogP contribution is -2.44. The Kier molecular flexibility index (Phi) is 6.37. The first-order valence-electron chi connectivity index (χ1n) is 7.11. The molecule has 23 heavy (non-hydrogen) atoms. The molecule has 1 amide bonds. The van der Waals surface area contributed by atoms with Gasteiger partial charge in [-0.25, -0.2) is 4.98 Å². The van der Waals surface area contributed by atoms with Crippen LogP contribution in [0.5, 0.6) is 5.88 Å². The van der Waals surface area contributed by atoms with Gasteiger partial charge in [0.05, 0.1) is 0 Å². The summed E-state index contributed by atoms with van der Waals surface area (Å²) >= 11 is 0. The minimum Gasteiger partial charge on any atom is -0.468 e. The number of pyridine rings is 1. The summed E-state index contributed by atoms with van der Waals surface area (Å²) in [7, 11) is 0. The van der Waals surface area contributed by atoms with Crippen LogP contribution in [0.2, 0.25) is 0 Å². The Morgan fingerprint density at radius 2 is 2.00 bits per heavy atom. The van der Waals surface area contributed by atoms with Crippen LogP contribution in [0.1, 0.15) is 37.7 Å². The number of nitrogens with zero attached hydrogens (tertiary/aromatic N) is 1. The van der Waals surface area contributed by atoms with E-state index in [2.05, 4.69) is 15.0 Å². The Hall–Kier alpha value is -1.83. The second-order valence-corrected chi connectivity index (χ2v) is 6.17. The number of aromatic nitrogens is 1. The van der Waals surface area contributed by atoms with Gasteiger partial charge < -0.3 is 15.2 Å². The van der Waals surface area contributed by atoms with Crippen molar-refractivity contribution in [1.29, 1.82) is 0 Å². The molecule has 0 bridgehead atoms. The van der Waals surface area contributed by atoms with Crippen LogP contribution in [-0.2, 0) is 0 Å². The van der Waals surface area contributed by atoms with Gasteiger partial charge in [-0.2, -0.15) is 13.2 Å². The molecule has 1 atom stereocenters. The van der Waals surface area contributed by atoms with Crippen molar-refractivity contribution >= 4 is 5.91 Å². The molecule has 1 unspecified atom stereocenters. The summed E-state index contributed by atoms with van der Waals surface area (Å²) in [6.07, 6.45) is -4.11. The summed E-state index contributed by atoms with van der Waals surface area (Å²) in [6.45, 7) is 4.16. The second kappa shape index (κ2) is 7.63. The summed E-state index contributed by atoms with van der Waals surface area (Å²) in [6, 6.07) is 3.72. The van der Waals surface area contributed by atoms with E-state index in [0.717, 1.165) is 0 Å². The van der Waals surface area contributed by atoms with Crippen LogP contribution in [0.25, 0.3) is 0 Å². The van der Waals surface area contributed by atoms with E-state index in [1.807, 2.05) is 20.8 Å². The number of hydrogen-bond acceptors (Lipinski definition) is 4. The number of aliphatic hydroxyl groups excluding tert-OH is 1. The first kappa shape index (κ1) is 19.2. The van der Waals surface area contributed by atoms with Crippen LogP contribution in [0.3, 0.4) is 0 Å². The molecule has 1 heterocycles. The van der Waals surface area contributed by atoms with Gasteiger partial charge in [0.1, 0.15) is 5.69 Å². The van der Waals surface area contributed by atoms with Crippen molar-refractivity contribution in [3.63, 3.8) is 0 Å². The van der Waals surface area contributed by atoms with Gasteiger partial charge in [0, 0.05) is 18.7 Å². The number of rotatable bonds is 6. The van der Waals surface area contributed by atoms with Gasteiger partial charge in [-0.1, -0.05) is 26.8 Å². The van der Waals surface area contributed by atoms with Crippen LogP contribution in [0.15, 0.2) is 18.2 Å². The predicted molar refractivity (Wildman–Crippen MR) is 78.2 cm³/mol. The molecular formula is C15H21F3N2O3. The molecular weight excluding hydrogens is 313 g/mol. The number of halogens is 3. The third-order valence-electron chi connectivity index (χ3n) is 3.11. The molecule has 0 spiro atoms. The van der Waals surface area contributed by atoms with Gasteiger partial charge >= 0.3 is 6.18 Å². The highest BCUT2D eigenvalue weighted by Gasteiger charge is 2.29. The summed E-state index contributed by atoms with van der Waals surface area (Å²) < 4.78 is 40.9. The topological polar surface area (TPSA) is 71.5 Å². The number of hydrogen-bond donors (Lipinski definition) is 2. The Balaban J connectivity index is 2.79. The summed E-state index contributed by atoms with van der Waals surface area (Å²) in [5, 5.41) is 11.8. The van der Waals surface area contributed by atoms with Gasteiger partial charge in [0.15, 0.2) is 6.61 Å². The monoisotopic (exact) mass is 334 g/mol. The van der Waals surface area contributed by atoms with Crippen LogP contribution in [0.4, 0.5) is 13.2 Å². The van der Waals surface area contributed by atoms with E-state index in [9.17, 15) is 18.0 Å². The SMILES string of the molecule is CC(C)(C)C(CCO)NC(=O)c1cccc(OCC(F)(F)F)n1. The zero-order chi connectivity index (χ0) is 17.7. The minimum absolute atomic E-state index is 0.0446. The number of ether oxygens (including phenoxy) is 1. The van der Waals surface area contributed by atoms with E-state index in [0.29, 0.717) is 6.42 Å². The molecule has 2 N–H and O–H groups in total. The van der Waals surface area contributed by atoms with Crippen molar-refractivity contribution in [2.75, 3.05) is 13.2 Å². The Labute approximate surface area is 132 Å². The van der Waals surface area contributed by atoms with Crippen LogP contribution >= 0.6 is 0 Å². The molecule has 130 valence electrons. The van der Waals surface area contributed by atoms with E-state index in [4.69, 9.17) is 5.11 Å². The molecule has 5 nitrogen and oxygen atoms in total. The average molecular weight is 334 g/mol. The first-order valence-corrected chi connectivity index (χ1v) is 7.11. The molecule has 0 radical (unpaired) electrons. The minimum atomic E-state index is -4.47. The van der Waals surface area contributed by atoms with Gasteiger partial charge in [-0.15, -0.1) is 0 Å². The Morgan fingerprint density at radius 1 is 1.35 bits per heavy atom. The zero-order valence-corrected chi connectivity index (χ0v) is 13.3. The van der Waals surface area contributed by atoms with Gasteiger partial charge in [-0.05, 0) is 17.9 Å². The van der Waals surface area contributed by atoms with Gasteiger partial charge in [0.25, 0.3) is 5.91 Å². The normalized spacial score (nSPS) is 13.5. The highest BCUT2D eigenvalue weighted by Crippen LogP contribution is 2.22. The second-order valence-electron chi connectivity index (χ2n) is 6.17. The fourth-order valence-electron chi connectivity index (χ4n) is 1.86. The molecule has 1 rings (SSSR count). The number of aliphatic hydroxyl groups is 1. The van der Waals surface area contributed by atoms with E-state index in [-0.39, 0.29) is 29.6 Å². The quantitative estimate of drug-likeness (QED) is 0.839. The Bertz CT molecular complexity index is 527. The lowest BCUT2D eigenvalue weighted by Gasteiger charge is -2.31. The molecule has 1 aromatic rings. The standard InChI is InChI=1S/C15H21F3N2O3/c1-14(2,3)11(7-8-21)20-13(22)10-5-4-6-12(19-10)23-9-15(16,17)18/h4-6,11,21H,7-9H2,1-3H3,(H,20,22). The van der Waals surface area contributed by atoms with E-state index in [1.54, 1.807) is 0 Å². The van der Waals surface area contributed by atoms with E-state index >= 15 is 0 Å². The smallest absolute Gasteiger partial charge is 0.422 e. The molecule has 0 saturated carbocycles. The molecule has 8 heteroatoms. The number of amides is 1. The maximum absolute atomic E-state index is 12.2. The van der Waals surface area contributed by atoms with Crippen molar-refractivity contribution < 1.29 is 27.8 Å². The summed E-state index contributed by atoms with van der Waals surface area (Å²) in [4.78, 5) is 16.0. The Morgan fingerprint density at radius 3 is 2.52 bits per heavy atom. The molecule has 0 aromatic carbocycles. The molecule has 1 aromatic heterocycles. The third-order valence-corrected chi connectivity index (χ3v) is 3.11. The van der Waals surface area contributed by atoms with Crippen molar-refractivity contribution in [2.45, 2.75) is 39.4 Å². The zero-order valence-electron chi connectivity index (χ0n) is 13.3. The van der Waals surface area contributed by atoms with E-state index in [1.165, 1.54) is 18.2 Å². The van der Waals surface area contributed by atoms with Crippen molar-refractivity contribution in [1.82, 2.24) is 10.3 Å². The highest BCUT2D eigenvalue weighted by molar-refractivity contribution is 5.92. The number of nitrogens with one attached hydrogen (secondary N) is 1. The first-order chi connectivity index (χ1) is 10.5. The number of carbonyl (C=O) groups is 1. The molecule has 0 fully saturated rings. The fraction of sp³-hybridized carbons (Fsp3) is 0.600. The lowest BCUT2D eigenvalue weighted by molar-refractivity contribution is -0.154. The van der Waals surface area contributed by atoms with Gasteiger partial charge in [-0.3, -0.25) is 4.79 Å².